The lowest BCUT2D eigenvalue weighted by Crippen LogP contribution is -2.57. The molecule has 0 spiro atoms. The molecule has 0 bridgehead atoms. The van der Waals surface area contributed by atoms with E-state index >= 15 is 0 Å². The fraction of sp³-hybridized carbons (Fsp3) is 0.545. The molecule has 0 aliphatic carbocycles. The lowest BCUT2D eigenvalue weighted by Gasteiger charge is -2.41. The highest BCUT2D eigenvalue weighted by Crippen LogP contribution is 2.22. The van der Waals surface area contributed by atoms with Crippen LogP contribution in [0.2, 0.25) is 0 Å². The second kappa shape index (κ2) is 5.87. The minimum absolute atomic E-state index is 0.0270. The first-order chi connectivity index (χ1) is 9.92. The number of urea groups is 1. The van der Waals surface area contributed by atoms with Gasteiger partial charge in [0.25, 0.3) is 0 Å². The minimum atomic E-state index is -1.13. The summed E-state index contributed by atoms with van der Waals surface area (Å²) in [6, 6.07) is -1.03. The molecule has 1 aliphatic heterocycles. The van der Waals surface area contributed by atoms with Crippen LogP contribution in [-0.2, 0) is 4.79 Å². The van der Waals surface area contributed by atoms with Gasteiger partial charge in [-0.1, -0.05) is 5.21 Å². The Hall–Kier alpha value is -2.49. The first-order valence-electron chi connectivity index (χ1n) is 6.34. The zero-order valence-corrected chi connectivity index (χ0v) is 11.6. The maximum Gasteiger partial charge on any atom is 0.358 e. The van der Waals surface area contributed by atoms with E-state index < -0.39 is 23.9 Å². The van der Waals surface area contributed by atoms with Crippen molar-refractivity contribution in [2.24, 2.45) is 0 Å². The van der Waals surface area contributed by atoms with E-state index in [1.807, 2.05) is 4.90 Å². The molecule has 114 valence electrons. The number of carbonyl (C=O) groups excluding carboxylic acids is 2. The van der Waals surface area contributed by atoms with Crippen molar-refractivity contribution in [3.05, 3.63) is 11.9 Å². The van der Waals surface area contributed by atoms with Gasteiger partial charge in [0.1, 0.15) is 0 Å². The molecule has 1 fully saturated rings. The summed E-state index contributed by atoms with van der Waals surface area (Å²) in [6.07, 6.45) is 1.36. The Kier molecular flexibility index (Phi) is 4.17. The second-order valence-electron chi connectivity index (χ2n) is 4.74. The number of imide groups is 1. The Morgan fingerprint density at radius 3 is 2.62 bits per heavy atom. The first-order valence-corrected chi connectivity index (χ1v) is 6.34. The molecule has 2 rings (SSSR count). The molecule has 1 aromatic rings. The van der Waals surface area contributed by atoms with E-state index in [0.29, 0.717) is 13.1 Å². The summed E-state index contributed by atoms with van der Waals surface area (Å²) < 4.78 is 1.48. The Morgan fingerprint density at radius 2 is 2.10 bits per heavy atom. The van der Waals surface area contributed by atoms with Gasteiger partial charge in [-0.05, 0) is 6.92 Å². The molecule has 1 aliphatic rings. The van der Waals surface area contributed by atoms with Crippen molar-refractivity contribution in [1.82, 2.24) is 30.5 Å². The number of carboxylic acid groups (broad SMARTS) is 1. The number of carbonyl (C=O) groups is 3. The van der Waals surface area contributed by atoms with Crippen molar-refractivity contribution in [3.8, 4) is 0 Å². The second-order valence-corrected chi connectivity index (χ2v) is 4.74. The Bertz CT molecular complexity index is 565. The molecule has 0 radical (unpaired) electrons. The Morgan fingerprint density at radius 1 is 1.43 bits per heavy atom. The van der Waals surface area contributed by atoms with Gasteiger partial charge in [0.05, 0.1) is 18.3 Å². The summed E-state index contributed by atoms with van der Waals surface area (Å²) in [5, 5.41) is 20.6. The van der Waals surface area contributed by atoms with Crippen LogP contribution in [0.5, 0.6) is 0 Å². The fourth-order valence-electron chi connectivity index (χ4n) is 1.97. The molecule has 3 N–H and O–H groups in total. The predicted molar refractivity (Wildman–Crippen MR) is 69.7 cm³/mol. The molecule has 1 aromatic heterocycles. The molecule has 10 nitrogen and oxygen atoms in total. The molecule has 1 unspecified atom stereocenters. The molecule has 1 atom stereocenters. The number of hydrogen-bond donors (Lipinski definition) is 3. The van der Waals surface area contributed by atoms with Gasteiger partial charge < -0.3 is 10.4 Å². The maximum absolute atomic E-state index is 11.8. The minimum Gasteiger partial charge on any atom is -0.476 e. The average molecular weight is 296 g/mol. The fourth-order valence-corrected chi connectivity index (χ4v) is 1.97. The van der Waals surface area contributed by atoms with Crippen molar-refractivity contribution in [2.45, 2.75) is 19.0 Å². The smallest absolute Gasteiger partial charge is 0.358 e. The van der Waals surface area contributed by atoms with E-state index in [9.17, 15) is 14.4 Å². The number of hydrogen-bond acceptors (Lipinski definition) is 6. The third-order valence-electron chi connectivity index (χ3n) is 3.39. The van der Waals surface area contributed by atoms with Crippen LogP contribution in [0.15, 0.2) is 6.20 Å². The number of aromatic nitrogens is 3. The van der Waals surface area contributed by atoms with E-state index in [0.717, 1.165) is 0 Å². The van der Waals surface area contributed by atoms with Crippen molar-refractivity contribution in [3.63, 3.8) is 0 Å². The monoisotopic (exact) mass is 296 g/mol. The predicted octanol–water partition coefficient (Wildman–Crippen LogP) is -1.32. The Balaban J connectivity index is 1.86. The molecular weight excluding hydrogens is 280 g/mol. The van der Waals surface area contributed by atoms with Crippen molar-refractivity contribution < 1.29 is 19.5 Å². The highest BCUT2D eigenvalue weighted by Gasteiger charge is 2.35. The zero-order chi connectivity index (χ0) is 15.6. The van der Waals surface area contributed by atoms with Gasteiger partial charge >= 0.3 is 12.0 Å². The number of likely N-dealkylation sites (tertiary alicyclic amines) is 1. The van der Waals surface area contributed by atoms with E-state index in [1.54, 1.807) is 6.92 Å². The topological polar surface area (TPSA) is 129 Å². The average Bonchev–Trinajstić information content (AvgIpc) is 2.86. The first kappa shape index (κ1) is 14.9. The molecule has 0 saturated carbocycles. The SMILES string of the molecule is CNC(=O)NC(=O)C(C)N1CC(n2cc(C(=O)O)nn2)C1. The summed E-state index contributed by atoms with van der Waals surface area (Å²) >= 11 is 0. The van der Waals surface area contributed by atoms with Gasteiger partial charge in [-0.15, -0.1) is 5.10 Å². The lowest BCUT2D eigenvalue weighted by atomic mass is 10.1. The third kappa shape index (κ3) is 3.16. The van der Waals surface area contributed by atoms with Gasteiger partial charge in [-0.3, -0.25) is 15.0 Å². The summed E-state index contributed by atoms with van der Waals surface area (Å²) in [7, 11) is 1.43. The number of carboxylic acids is 1. The summed E-state index contributed by atoms with van der Waals surface area (Å²) in [6.45, 7) is 2.76. The van der Waals surface area contributed by atoms with Crippen molar-refractivity contribution in [2.75, 3.05) is 20.1 Å². The lowest BCUT2D eigenvalue weighted by molar-refractivity contribution is -0.127. The molecular formula is C11H16N6O4. The number of nitrogens with one attached hydrogen (secondary N) is 2. The van der Waals surface area contributed by atoms with Crippen LogP contribution >= 0.6 is 0 Å². The van der Waals surface area contributed by atoms with E-state index in [2.05, 4.69) is 20.9 Å². The van der Waals surface area contributed by atoms with E-state index in [4.69, 9.17) is 5.11 Å². The largest absolute Gasteiger partial charge is 0.476 e. The molecule has 2 heterocycles. The normalized spacial score (nSPS) is 16.9. The number of aromatic carboxylic acids is 1. The van der Waals surface area contributed by atoms with Crippen LogP contribution in [0.3, 0.4) is 0 Å². The quantitative estimate of drug-likeness (QED) is 0.628. The highest BCUT2D eigenvalue weighted by atomic mass is 16.4. The Labute approximate surface area is 120 Å². The molecule has 3 amide bonds. The van der Waals surface area contributed by atoms with Crippen LogP contribution in [0.25, 0.3) is 0 Å². The summed E-state index contributed by atoms with van der Waals surface area (Å²) in [5.74, 6) is -1.52. The van der Waals surface area contributed by atoms with E-state index in [-0.39, 0.29) is 11.7 Å². The van der Waals surface area contributed by atoms with Crippen LogP contribution in [0, 0.1) is 0 Å². The molecule has 1 saturated heterocycles. The molecule has 21 heavy (non-hydrogen) atoms. The van der Waals surface area contributed by atoms with Gasteiger partial charge in [0.15, 0.2) is 5.69 Å². The summed E-state index contributed by atoms with van der Waals surface area (Å²) in [5.41, 5.74) is -0.112. The molecule has 0 aromatic carbocycles. The number of rotatable bonds is 4. The standard InChI is InChI=1S/C11H16N6O4/c1-6(9(18)13-11(21)12-2)16-3-7(4-16)17-5-8(10(19)20)14-15-17/h5-7H,3-4H2,1-2H3,(H,19,20)(H2,12,13,18,21). The van der Waals surface area contributed by atoms with Crippen LogP contribution in [0.1, 0.15) is 23.5 Å². The zero-order valence-electron chi connectivity index (χ0n) is 11.6. The number of amides is 3. The van der Waals surface area contributed by atoms with Gasteiger partial charge in [-0.25, -0.2) is 14.3 Å². The van der Waals surface area contributed by atoms with Gasteiger partial charge in [0.2, 0.25) is 5.91 Å². The third-order valence-corrected chi connectivity index (χ3v) is 3.39. The number of nitrogens with zero attached hydrogens (tertiary/aromatic N) is 4. The van der Waals surface area contributed by atoms with Crippen LogP contribution in [0.4, 0.5) is 4.79 Å². The van der Waals surface area contributed by atoms with Crippen molar-refractivity contribution >= 4 is 17.9 Å². The van der Waals surface area contributed by atoms with Crippen LogP contribution in [-0.4, -0.2) is 69.1 Å². The summed E-state index contributed by atoms with van der Waals surface area (Å²) in [4.78, 5) is 35.4. The van der Waals surface area contributed by atoms with Crippen molar-refractivity contribution in [1.29, 1.82) is 0 Å². The highest BCUT2D eigenvalue weighted by molar-refractivity contribution is 5.96. The van der Waals surface area contributed by atoms with Crippen LogP contribution < -0.4 is 10.6 Å². The van der Waals surface area contributed by atoms with E-state index in [1.165, 1.54) is 17.9 Å². The van der Waals surface area contributed by atoms with Gasteiger partial charge in [0, 0.05) is 20.1 Å². The molecule has 10 heteroatoms. The maximum atomic E-state index is 11.8. The van der Waals surface area contributed by atoms with Gasteiger partial charge in [-0.2, -0.15) is 0 Å².